The van der Waals surface area contributed by atoms with E-state index in [9.17, 15) is 12.8 Å². The summed E-state index contributed by atoms with van der Waals surface area (Å²) >= 11 is 0. The van der Waals surface area contributed by atoms with Crippen LogP contribution in [0.1, 0.15) is 18.4 Å². The van der Waals surface area contributed by atoms with E-state index in [-0.39, 0.29) is 27.3 Å². The molecule has 1 saturated heterocycles. The Labute approximate surface area is 157 Å². The zero-order valence-corrected chi connectivity index (χ0v) is 15.7. The van der Waals surface area contributed by atoms with Gasteiger partial charge in [-0.1, -0.05) is 29.8 Å². The van der Waals surface area contributed by atoms with Crippen molar-refractivity contribution >= 4 is 15.7 Å². The first kappa shape index (κ1) is 17.7. The van der Waals surface area contributed by atoms with Crippen LogP contribution in [-0.4, -0.2) is 26.5 Å². The predicted octanol–water partition coefficient (Wildman–Crippen LogP) is 4.22. The summed E-state index contributed by atoms with van der Waals surface area (Å²) in [5.41, 5.74) is 1.10. The van der Waals surface area contributed by atoms with E-state index in [2.05, 4.69) is 4.98 Å². The van der Waals surface area contributed by atoms with Crippen LogP contribution in [0.15, 0.2) is 62.9 Å². The number of aryl methyl sites for hydroxylation is 1. The first-order chi connectivity index (χ1) is 13.0. The van der Waals surface area contributed by atoms with Crippen molar-refractivity contribution in [1.82, 2.24) is 4.98 Å². The number of sulfone groups is 1. The van der Waals surface area contributed by atoms with Gasteiger partial charge in [0.05, 0.1) is 10.5 Å². The Balaban J connectivity index is 1.88. The minimum Gasteiger partial charge on any atom is -0.419 e. The monoisotopic (exact) mass is 386 g/mol. The van der Waals surface area contributed by atoms with Gasteiger partial charge in [0, 0.05) is 13.1 Å². The fraction of sp³-hybridized carbons (Fsp3) is 0.250. The summed E-state index contributed by atoms with van der Waals surface area (Å²) in [6.07, 6.45) is 1.89. The molecule has 0 N–H and O–H groups in total. The topological polar surface area (TPSA) is 63.4 Å². The Hall–Kier alpha value is -2.67. The zero-order valence-electron chi connectivity index (χ0n) is 14.9. The first-order valence-corrected chi connectivity index (χ1v) is 10.3. The fourth-order valence-electron chi connectivity index (χ4n) is 3.17. The Kier molecular flexibility index (Phi) is 4.47. The van der Waals surface area contributed by atoms with Crippen LogP contribution in [0, 0.1) is 12.7 Å². The summed E-state index contributed by atoms with van der Waals surface area (Å²) in [4.78, 5) is 6.22. The molecule has 0 amide bonds. The second kappa shape index (κ2) is 6.81. The zero-order chi connectivity index (χ0) is 19.0. The molecule has 5 nitrogen and oxygen atoms in total. The Bertz CT molecular complexity index is 1070. The van der Waals surface area contributed by atoms with Gasteiger partial charge in [-0.15, -0.1) is 0 Å². The SMILES string of the molecule is Cc1ccc(S(=O)(=O)c2nc(-c3ccccc3F)oc2N2CCCC2)cc1. The van der Waals surface area contributed by atoms with E-state index < -0.39 is 15.7 Å². The van der Waals surface area contributed by atoms with Crippen molar-refractivity contribution in [3.63, 3.8) is 0 Å². The number of hydrogen-bond donors (Lipinski definition) is 0. The van der Waals surface area contributed by atoms with Crippen molar-refractivity contribution in [2.45, 2.75) is 29.7 Å². The van der Waals surface area contributed by atoms with Crippen LogP contribution in [0.2, 0.25) is 0 Å². The molecular weight excluding hydrogens is 367 g/mol. The molecule has 3 aromatic rings. The highest BCUT2D eigenvalue weighted by Crippen LogP contribution is 2.36. The molecule has 0 bridgehead atoms. The van der Waals surface area contributed by atoms with Gasteiger partial charge in [0.1, 0.15) is 5.82 Å². The van der Waals surface area contributed by atoms with E-state index in [4.69, 9.17) is 4.42 Å². The quantitative estimate of drug-likeness (QED) is 0.672. The number of rotatable bonds is 4. The second-order valence-corrected chi connectivity index (χ2v) is 8.48. The van der Waals surface area contributed by atoms with E-state index in [1.807, 2.05) is 11.8 Å². The average molecular weight is 386 g/mol. The predicted molar refractivity (Wildman–Crippen MR) is 100.0 cm³/mol. The standard InChI is InChI=1S/C20H19FN2O3S/c1-14-8-10-15(11-9-14)27(24,25)19-20(23-12-4-5-13-23)26-18(22-19)16-6-2-3-7-17(16)21/h2-3,6-11H,4-5,12-13H2,1H3. The molecule has 27 heavy (non-hydrogen) atoms. The maximum atomic E-state index is 14.2. The molecule has 1 fully saturated rings. The van der Waals surface area contributed by atoms with Crippen LogP contribution >= 0.6 is 0 Å². The molecule has 1 aromatic heterocycles. The van der Waals surface area contributed by atoms with Crippen LogP contribution in [-0.2, 0) is 9.84 Å². The summed E-state index contributed by atoms with van der Waals surface area (Å²) in [6.45, 7) is 3.25. The molecule has 1 aliphatic rings. The van der Waals surface area contributed by atoms with Gasteiger partial charge >= 0.3 is 0 Å². The van der Waals surface area contributed by atoms with Crippen LogP contribution in [0.3, 0.4) is 0 Å². The lowest BCUT2D eigenvalue weighted by Crippen LogP contribution is -2.19. The number of oxazole rings is 1. The Morgan fingerprint density at radius 1 is 1.04 bits per heavy atom. The van der Waals surface area contributed by atoms with Gasteiger partial charge in [-0.3, -0.25) is 0 Å². The molecular formula is C20H19FN2O3S. The second-order valence-electron chi connectivity index (χ2n) is 6.62. The van der Waals surface area contributed by atoms with Crippen molar-refractivity contribution in [1.29, 1.82) is 0 Å². The van der Waals surface area contributed by atoms with Gasteiger partial charge in [0.25, 0.3) is 0 Å². The van der Waals surface area contributed by atoms with Gasteiger partial charge in [-0.05, 0) is 44.0 Å². The number of nitrogens with zero attached hydrogens (tertiary/aromatic N) is 2. The van der Waals surface area contributed by atoms with Crippen molar-refractivity contribution < 1.29 is 17.2 Å². The van der Waals surface area contributed by atoms with Crippen molar-refractivity contribution in [3.05, 3.63) is 59.9 Å². The van der Waals surface area contributed by atoms with Gasteiger partial charge < -0.3 is 9.32 Å². The molecule has 2 aromatic carbocycles. The third kappa shape index (κ3) is 3.23. The minimum absolute atomic E-state index is 0.0271. The number of anilines is 1. The summed E-state index contributed by atoms with van der Waals surface area (Å²) in [6, 6.07) is 12.6. The molecule has 0 aliphatic carbocycles. The molecule has 0 unspecified atom stereocenters. The number of aromatic nitrogens is 1. The van der Waals surface area contributed by atoms with Crippen LogP contribution in [0.4, 0.5) is 10.3 Å². The van der Waals surface area contributed by atoms with E-state index in [0.29, 0.717) is 13.1 Å². The van der Waals surface area contributed by atoms with Crippen LogP contribution < -0.4 is 4.90 Å². The molecule has 0 atom stereocenters. The molecule has 140 valence electrons. The number of hydrogen-bond acceptors (Lipinski definition) is 5. The lowest BCUT2D eigenvalue weighted by Gasteiger charge is -2.14. The highest BCUT2D eigenvalue weighted by atomic mass is 32.2. The smallest absolute Gasteiger partial charge is 0.236 e. The van der Waals surface area contributed by atoms with Gasteiger partial charge in [0.2, 0.25) is 26.6 Å². The number of benzene rings is 2. The molecule has 2 heterocycles. The van der Waals surface area contributed by atoms with Crippen molar-refractivity contribution in [2.75, 3.05) is 18.0 Å². The maximum Gasteiger partial charge on any atom is 0.236 e. The van der Waals surface area contributed by atoms with Gasteiger partial charge in [0.15, 0.2) is 0 Å². The average Bonchev–Trinajstić information content (AvgIpc) is 3.32. The van der Waals surface area contributed by atoms with Crippen molar-refractivity contribution in [2.24, 2.45) is 0 Å². The third-order valence-electron chi connectivity index (χ3n) is 4.66. The van der Waals surface area contributed by atoms with Crippen LogP contribution in [0.5, 0.6) is 0 Å². The van der Waals surface area contributed by atoms with E-state index in [1.165, 1.54) is 12.1 Å². The maximum absolute atomic E-state index is 14.2. The van der Waals surface area contributed by atoms with Crippen molar-refractivity contribution in [3.8, 4) is 11.5 Å². The van der Waals surface area contributed by atoms with E-state index in [0.717, 1.165) is 18.4 Å². The van der Waals surface area contributed by atoms with Gasteiger partial charge in [-0.2, -0.15) is 4.98 Å². The van der Waals surface area contributed by atoms with E-state index in [1.54, 1.807) is 36.4 Å². The largest absolute Gasteiger partial charge is 0.419 e. The number of halogens is 1. The molecule has 0 spiro atoms. The lowest BCUT2D eigenvalue weighted by molar-refractivity contribution is 0.548. The fourth-order valence-corrected chi connectivity index (χ4v) is 4.49. The van der Waals surface area contributed by atoms with Crippen LogP contribution in [0.25, 0.3) is 11.5 Å². The van der Waals surface area contributed by atoms with Gasteiger partial charge in [-0.25, -0.2) is 12.8 Å². The molecule has 0 saturated carbocycles. The summed E-state index contributed by atoms with van der Waals surface area (Å²) in [5.74, 6) is -0.349. The molecule has 4 rings (SSSR count). The highest BCUT2D eigenvalue weighted by Gasteiger charge is 2.32. The molecule has 1 aliphatic heterocycles. The first-order valence-electron chi connectivity index (χ1n) is 8.79. The Morgan fingerprint density at radius 2 is 1.70 bits per heavy atom. The normalized spacial score (nSPS) is 14.7. The molecule has 0 radical (unpaired) electrons. The minimum atomic E-state index is -3.89. The van der Waals surface area contributed by atoms with E-state index >= 15 is 0 Å². The lowest BCUT2D eigenvalue weighted by atomic mass is 10.2. The summed E-state index contributed by atoms with van der Waals surface area (Å²) < 4.78 is 46.4. The summed E-state index contributed by atoms with van der Waals surface area (Å²) in [7, 11) is -3.89. The molecule has 7 heteroatoms. The Morgan fingerprint density at radius 3 is 2.37 bits per heavy atom. The highest BCUT2D eigenvalue weighted by molar-refractivity contribution is 7.91. The summed E-state index contributed by atoms with van der Waals surface area (Å²) in [5, 5.41) is -0.161. The third-order valence-corrected chi connectivity index (χ3v) is 6.33.